The first kappa shape index (κ1) is 10.6. The standard InChI is InChI=1S/C13H14FNO2/c14-10-3-1-8-2-4-11-5-9(13(16)17)7-15(11)12(8)6-10/h1,3,6,9,11H,2,4-5,7H2,(H,16,17). The fourth-order valence-electron chi connectivity index (χ4n) is 3.00. The minimum Gasteiger partial charge on any atom is -0.481 e. The lowest BCUT2D eigenvalue weighted by Gasteiger charge is -2.33. The van der Waals surface area contributed by atoms with Crippen LogP contribution in [0.1, 0.15) is 18.4 Å². The SMILES string of the molecule is O=C(O)C1CC2CCc3ccc(F)cc3N2C1. The van der Waals surface area contributed by atoms with Crippen molar-refractivity contribution in [1.29, 1.82) is 0 Å². The van der Waals surface area contributed by atoms with Gasteiger partial charge in [0.1, 0.15) is 5.82 Å². The van der Waals surface area contributed by atoms with Crippen LogP contribution in [0.4, 0.5) is 10.1 Å². The second-order valence-electron chi connectivity index (χ2n) is 4.89. The van der Waals surface area contributed by atoms with Crippen LogP contribution >= 0.6 is 0 Å². The predicted octanol–water partition coefficient (Wildman–Crippen LogP) is 2.05. The summed E-state index contributed by atoms with van der Waals surface area (Å²) < 4.78 is 13.3. The largest absolute Gasteiger partial charge is 0.481 e. The monoisotopic (exact) mass is 235 g/mol. The van der Waals surface area contributed by atoms with Gasteiger partial charge >= 0.3 is 5.97 Å². The first-order chi connectivity index (χ1) is 8.15. The van der Waals surface area contributed by atoms with E-state index in [1.54, 1.807) is 0 Å². The Kier molecular flexibility index (Phi) is 2.31. The number of aliphatic carboxylic acids is 1. The van der Waals surface area contributed by atoms with E-state index < -0.39 is 5.97 Å². The Morgan fingerprint density at radius 2 is 2.29 bits per heavy atom. The van der Waals surface area contributed by atoms with Crippen LogP contribution in [-0.4, -0.2) is 23.7 Å². The lowest BCUT2D eigenvalue weighted by atomic mass is 9.95. The molecule has 2 unspecified atom stereocenters. The third kappa shape index (κ3) is 1.68. The molecule has 2 aliphatic heterocycles. The molecule has 0 amide bonds. The molecule has 90 valence electrons. The summed E-state index contributed by atoms with van der Waals surface area (Å²) in [7, 11) is 0. The van der Waals surface area contributed by atoms with Gasteiger partial charge in [-0.3, -0.25) is 4.79 Å². The van der Waals surface area contributed by atoms with E-state index in [1.807, 2.05) is 6.07 Å². The van der Waals surface area contributed by atoms with Gasteiger partial charge in [0.15, 0.2) is 0 Å². The number of hydrogen-bond donors (Lipinski definition) is 1. The first-order valence-corrected chi connectivity index (χ1v) is 5.93. The van der Waals surface area contributed by atoms with Crippen LogP contribution in [0.15, 0.2) is 18.2 Å². The highest BCUT2D eigenvalue weighted by Gasteiger charge is 2.38. The van der Waals surface area contributed by atoms with Crippen LogP contribution in [0.3, 0.4) is 0 Å². The van der Waals surface area contributed by atoms with E-state index in [4.69, 9.17) is 5.11 Å². The number of benzene rings is 1. The van der Waals surface area contributed by atoms with Gasteiger partial charge in [-0.25, -0.2) is 4.39 Å². The molecule has 3 rings (SSSR count). The van der Waals surface area contributed by atoms with E-state index in [1.165, 1.54) is 12.1 Å². The molecule has 1 aromatic rings. The van der Waals surface area contributed by atoms with Crippen molar-refractivity contribution in [3.63, 3.8) is 0 Å². The highest BCUT2D eigenvalue weighted by atomic mass is 19.1. The number of carboxylic acids is 1. The lowest BCUT2D eigenvalue weighted by Crippen LogP contribution is -2.34. The number of carboxylic acid groups (broad SMARTS) is 1. The lowest BCUT2D eigenvalue weighted by molar-refractivity contribution is -0.141. The van der Waals surface area contributed by atoms with E-state index in [0.29, 0.717) is 13.0 Å². The molecule has 0 saturated carbocycles. The third-order valence-electron chi connectivity index (χ3n) is 3.87. The number of hydrogen-bond acceptors (Lipinski definition) is 2. The topological polar surface area (TPSA) is 40.5 Å². The minimum absolute atomic E-state index is 0.247. The summed E-state index contributed by atoms with van der Waals surface area (Å²) in [6.07, 6.45) is 2.58. The van der Waals surface area contributed by atoms with Crippen LogP contribution in [0.2, 0.25) is 0 Å². The summed E-state index contributed by atoms with van der Waals surface area (Å²) in [6.45, 7) is 0.510. The summed E-state index contributed by atoms with van der Waals surface area (Å²) in [5.74, 6) is -1.30. The Morgan fingerprint density at radius 3 is 3.06 bits per heavy atom. The maximum absolute atomic E-state index is 13.3. The molecule has 2 heterocycles. The van der Waals surface area contributed by atoms with E-state index >= 15 is 0 Å². The average Bonchev–Trinajstić information content (AvgIpc) is 2.73. The van der Waals surface area contributed by atoms with Crippen LogP contribution in [0.25, 0.3) is 0 Å². The van der Waals surface area contributed by atoms with Gasteiger partial charge in [0.05, 0.1) is 5.92 Å². The average molecular weight is 235 g/mol. The molecular formula is C13H14FNO2. The molecule has 1 aromatic carbocycles. The minimum atomic E-state index is -0.739. The number of halogens is 1. The number of carbonyl (C=O) groups is 1. The van der Waals surface area contributed by atoms with Gasteiger partial charge in [-0.2, -0.15) is 0 Å². The number of rotatable bonds is 1. The van der Waals surface area contributed by atoms with Crippen molar-refractivity contribution in [2.24, 2.45) is 5.92 Å². The first-order valence-electron chi connectivity index (χ1n) is 5.93. The number of anilines is 1. The fourth-order valence-corrected chi connectivity index (χ4v) is 3.00. The summed E-state index contributed by atoms with van der Waals surface area (Å²) in [4.78, 5) is 13.1. The number of nitrogens with zero attached hydrogens (tertiary/aromatic N) is 1. The van der Waals surface area contributed by atoms with Crippen LogP contribution in [0, 0.1) is 11.7 Å². The highest BCUT2D eigenvalue weighted by Crippen LogP contribution is 2.38. The van der Waals surface area contributed by atoms with Crippen molar-refractivity contribution in [1.82, 2.24) is 0 Å². The van der Waals surface area contributed by atoms with Gasteiger partial charge < -0.3 is 10.0 Å². The molecule has 0 radical (unpaired) electrons. The Balaban J connectivity index is 1.95. The maximum atomic E-state index is 13.3. The summed E-state index contributed by atoms with van der Waals surface area (Å²) >= 11 is 0. The normalized spacial score (nSPS) is 26.5. The van der Waals surface area contributed by atoms with Crippen molar-refractivity contribution < 1.29 is 14.3 Å². The number of aryl methyl sites for hydroxylation is 1. The molecule has 3 nitrogen and oxygen atoms in total. The molecule has 17 heavy (non-hydrogen) atoms. The fraction of sp³-hybridized carbons (Fsp3) is 0.462. The van der Waals surface area contributed by atoms with Crippen molar-refractivity contribution in [3.05, 3.63) is 29.6 Å². The van der Waals surface area contributed by atoms with E-state index in [0.717, 1.165) is 24.1 Å². The van der Waals surface area contributed by atoms with E-state index in [9.17, 15) is 9.18 Å². The van der Waals surface area contributed by atoms with Crippen molar-refractivity contribution >= 4 is 11.7 Å². The Labute approximate surface area is 98.9 Å². The Bertz CT molecular complexity index is 474. The molecule has 1 saturated heterocycles. The third-order valence-corrected chi connectivity index (χ3v) is 3.87. The second-order valence-corrected chi connectivity index (χ2v) is 4.89. The van der Waals surface area contributed by atoms with Crippen molar-refractivity contribution in [2.45, 2.75) is 25.3 Å². The van der Waals surface area contributed by atoms with Crippen molar-refractivity contribution in [3.8, 4) is 0 Å². The van der Waals surface area contributed by atoms with Gasteiger partial charge in [-0.05, 0) is 37.0 Å². The van der Waals surface area contributed by atoms with E-state index in [-0.39, 0.29) is 17.8 Å². The van der Waals surface area contributed by atoms with Crippen LogP contribution in [-0.2, 0) is 11.2 Å². The molecule has 0 bridgehead atoms. The zero-order valence-corrected chi connectivity index (χ0v) is 9.40. The smallest absolute Gasteiger partial charge is 0.308 e. The van der Waals surface area contributed by atoms with Gasteiger partial charge in [0.25, 0.3) is 0 Å². The van der Waals surface area contributed by atoms with Gasteiger partial charge in [-0.1, -0.05) is 6.07 Å². The quantitative estimate of drug-likeness (QED) is 0.810. The number of fused-ring (bicyclic) bond motifs is 3. The molecule has 1 fully saturated rings. The summed E-state index contributed by atoms with van der Waals surface area (Å²) in [5.41, 5.74) is 2.03. The molecule has 0 aliphatic carbocycles. The summed E-state index contributed by atoms with van der Waals surface area (Å²) in [5, 5.41) is 9.06. The predicted molar refractivity (Wildman–Crippen MR) is 61.6 cm³/mol. The molecule has 4 heteroatoms. The summed E-state index contributed by atoms with van der Waals surface area (Å²) in [6, 6.07) is 5.09. The zero-order valence-electron chi connectivity index (χ0n) is 9.40. The van der Waals surface area contributed by atoms with Gasteiger partial charge in [0, 0.05) is 18.3 Å². The van der Waals surface area contributed by atoms with Gasteiger partial charge in [-0.15, -0.1) is 0 Å². The Hall–Kier alpha value is -1.58. The van der Waals surface area contributed by atoms with Crippen molar-refractivity contribution in [2.75, 3.05) is 11.4 Å². The zero-order chi connectivity index (χ0) is 12.0. The van der Waals surface area contributed by atoms with Crippen LogP contribution in [0.5, 0.6) is 0 Å². The molecule has 0 aromatic heterocycles. The Morgan fingerprint density at radius 1 is 1.47 bits per heavy atom. The second kappa shape index (κ2) is 3.72. The molecular weight excluding hydrogens is 221 g/mol. The maximum Gasteiger partial charge on any atom is 0.308 e. The van der Waals surface area contributed by atoms with E-state index in [2.05, 4.69) is 4.90 Å². The van der Waals surface area contributed by atoms with Crippen LogP contribution < -0.4 is 4.90 Å². The molecule has 1 N–H and O–H groups in total. The van der Waals surface area contributed by atoms with Gasteiger partial charge in [0.2, 0.25) is 0 Å². The molecule has 2 atom stereocenters. The molecule has 0 spiro atoms. The highest BCUT2D eigenvalue weighted by molar-refractivity contribution is 5.73. The molecule has 2 aliphatic rings.